The van der Waals surface area contributed by atoms with Crippen molar-refractivity contribution >= 4 is 5.82 Å². The third-order valence-corrected chi connectivity index (χ3v) is 2.26. The SMILES string of the molecule is COCCNc1cc(-c2ccncc2)ncn1. The second kappa shape index (κ2) is 5.91. The zero-order valence-electron chi connectivity index (χ0n) is 9.63. The van der Waals surface area contributed by atoms with Crippen LogP contribution in [0, 0.1) is 0 Å². The summed E-state index contributed by atoms with van der Waals surface area (Å²) >= 11 is 0. The maximum atomic E-state index is 4.96. The lowest BCUT2D eigenvalue weighted by Gasteiger charge is -2.06. The Morgan fingerprint density at radius 3 is 2.82 bits per heavy atom. The number of methoxy groups -OCH3 is 1. The Bertz CT molecular complexity index is 461. The molecule has 0 saturated carbocycles. The van der Waals surface area contributed by atoms with Gasteiger partial charge < -0.3 is 10.1 Å². The molecule has 2 aromatic heterocycles. The minimum Gasteiger partial charge on any atom is -0.383 e. The van der Waals surface area contributed by atoms with Crippen LogP contribution in [0.1, 0.15) is 0 Å². The average Bonchev–Trinajstić information content (AvgIpc) is 2.41. The van der Waals surface area contributed by atoms with Gasteiger partial charge in [-0.3, -0.25) is 4.98 Å². The van der Waals surface area contributed by atoms with E-state index in [9.17, 15) is 0 Å². The summed E-state index contributed by atoms with van der Waals surface area (Å²) in [6.45, 7) is 1.37. The molecule has 2 heterocycles. The van der Waals surface area contributed by atoms with Gasteiger partial charge >= 0.3 is 0 Å². The van der Waals surface area contributed by atoms with E-state index in [-0.39, 0.29) is 0 Å². The molecule has 0 radical (unpaired) electrons. The predicted octanol–water partition coefficient (Wildman–Crippen LogP) is 1.60. The third kappa shape index (κ3) is 3.22. The Labute approximate surface area is 99.9 Å². The highest BCUT2D eigenvalue weighted by molar-refractivity contribution is 5.61. The molecule has 0 unspecified atom stereocenters. The van der Waals surface area contributed by atoms with Gasteiger partial charge in [0, 0.05) is 37.7 Å². The van der Waals surface area contributed by atoms with E-state index in [1.807, 2.05) is 18.2 Å². The third-order valence-electron chi connectivity index (χ3n) is 2.26. The van der Waals surface area contributed by atoms with Crippen molar-refractivity contribution in [2.24, 2.45) is 0 Å². The molecule has 0 aliphatic rings. The number of pyridine rings is 1. The normalized spacial score (nSPS) is 10.2. The molecule has 0 aliphatic heterocycles. The fourth-order valence-electron chi connectivity index (χ4n) is 1.42. The number of aromatic nitrogens is 3. The fraction of sp³-hybridized carbons (Fsp3) is 0.250. The van der Waals surface area contributed by atoms with Gasteiger partial charge in [-0.05, 0) is 12.1 Å². The minimum absolute atomic E-state index is 0.647. The summed E-state index contributed by atoms with van der Waals surface area (Å²) in [4.78, 5) is 12.3. The monoisotopic (exact) mass is 230 g/mol. The number of nitrogens with one attached hydrogen (secondary N) is 1. The highest BCUT2D eigenvalue weighted by Gasteiger charge is 2.00. The van der Waals surface area contributed by atoms with Crippen molar-refractivity contribution in [1.29, 1.82) is 0 Å². The molecule has 0 saturated heterocycles. The van der Waals surface area contributed by atoms with Gasteiger partial charge in [0.15, 0.2) is 0 Å². The fourth-order valence-corrected chi connectivity index (χ4v) is 1.42. The van der Waals surface area contributed by atoms with Gasteiger partial charge in [-0.2, -0.15) is 0 Å². The van der Waals surface area contributed by atoms with Crippen LogP contribution in [-0.4, -0.2) is 35.2 Å². The molecular formula is C12H14N4O. The number of nitrogens with zero attached hydrogens (tertiary/aromatic N) is 3. The Kier molecular flexibility index (Phi) is 3.99. The van der Waals surface area contributed by atoms with E-state index in [0.29, 0.717) is 6.61 Å². The van der Waals surface area contributed by atoms with Crippen molar-refractivity contribution in [2.75, 3.05) is 25.6 Å². The maximum absolute atomic E-state index is 4.96. The number of ether oxygens (including phenoxy) is 1. The van der Waals surface area contributed by atoms with Crippen molar-refractivity contribution in [1.82, 2.24) is 15.0 Å². The van der Waals surface area contributed by atoms with Gasteiger partial charge in [-0.15, -0.1) is 0 Å². The predicted molar refractivity (Wildman–Crippen MR) is 65.6 cm³/mol. The molecule has 17 heavy (non-hydrogen) atoms. The number of rotatable bonds is 5. The summed E-state index contributed by atoms with van der Waals surface area (Å²) in [5, 5.41) is 3.16. The molecule has 0 atom stereocenters. The first-order valence-corrected chi connectivity index (χ1v) is 5.35. The maximum Gasteiger partial charge on any atom is 0.130 e. The van der Waals surface area contributed by atoms with Crippen LogP contribution in [0.3, 0.4) is 0 Å². The van der Waals surface area contributed by atoms with Crippen molar-refractivity contribution in [3.8, 4) is 11.3 Å². The number of anilines is 1. The summed E-state index contributed by atoms with van der Waals surface area (Å²) in [5.74, 6) is 0.795. The summed E-state index contributed by atoms with van der Waals surface area (Å²) in [6.07, 6.45) is 5.04. The molecule has 2 rings (SSSR count). The number of hydrogen-bond donors (Lipinski definition) is 1. The summed E-state index contributed by atoms with van der Waals surface area (Å²) < 4.78 is 4.96. The smallest absolute Gasteiger partial charge is 0.130 e. The van der Waals surface area contributed by atoms with Crippen LogP contribution in [0.4, 0.5) is 5.82 Å². The van der Waals surface area contributed by atoms with Gasteiger partial charge in [0.1, 0.15) is 12.1 Å². The van der Waals surface area contributed by atoms with E-state index in [2.05, 4.69) is 20.3 Å². The van der Waals surface area contributed by atoms with Crippen LogP contribution in [0.25, 0.3) is 11.3 Å². The van der Waals surface area contributed by atoms with E-state index in [1.54, 1.807) is 25.8 Å². The lowest BCUT2D eigenvalue weighted by molar-refractivity contribution is 0.210. The summed E-state index contributed by atoms with van der Waals surface area (Å²) in [7, 11) is 1.67. The highest BCUT2D eigenvalue weighted by Crippen LogP contribution is 2.17. The Morgan fingerprint density at radius 1 is 1.24 bits per heavy atom. The molecule has 0 aromatic carbocycles. The van der Waals surface area contributed by atoms with E-state index in [0.717, 1.165) is 23.6 Å². The highest BCUT2D eigenvalue weighted by atomic mass is 16.5. The molecule has 5 nitrogen and oxygen atoms in total. The largest absolute Gasteiger partial charge is 0.383 e. The second-order valence-corrected chi connectivity index (χ2v) is 3.44. The van der Waals surface area contributed by atoms with E-state index < -0.39 is 0 Å². The standard InChI is InChI=1S/C12H14N4O/c1-17-7-6-14-12-8-11(15-9-16-12)10-2-4-13-5-3-10/h2-5,8-9H,6-7H2,1H3,(H,14,15,16). The van der Waals surface area contributed by atoms with Gasteiger partial charge in [0.2, 0.25) is 0 Å². The van der Waals surface area contributed by atoms with Gasteiger partial charge in [-0.1, -0.05) is 0 Å². The topological polar surface area (TPSA) is 59.9 Å². The summed E-state index contributed by atoms with van der Waals surface area (Å²) in [6, 6.07) is 5.74. The first-order chi connectivity index (χ1) is 8.40. The molecule has 0 amide bonds. The van der Waals surface area contributed by atoms with Crippen LogP contribution in [0.5, 0.6) is 0 Å². The average molecular weight is 230 g/mol. The molecule has 0 aliphatic carbocycles. The molecule has 2 aromatic rings. The molecule has 0 bridgehead atoms. The molecule has 0 spiro atoms. The zero-order valence-corrected chi connectivity index (χ0v) is 9.63. The van der Waals surface area contributed by atoms with Gasteiger partial charge in [0.05, 0.1) is 12.3 Å². The molecule has 5 heteroatoms. The van der Waals surface area contributed by atoms with Crippen LogP contribution >= 0.6 is 0 Å². The van der Waals surface area contributed by atoms with Crippen molar-refractivity contribution in [3.05, 3.63) is 36.9 Å². The first-order valence-electron chi connectivity index (χ1n) is 5.35. The van der Waals surface area contributed by atoms with Crippen LogP contribution in [-0.2, 0) is 4.74 Å². The van der Waals surface area contributed by atoms with Crippen molar-refractivity contribution in [3.63, 3.8) is 0 Å². The van der Waals surface area contributed by atoms with Crippen LogP contribution in [0.15, 0.2) is 36.9 Å². The lowest BCUT2D eigenvalue weighted by Crippen LogP contribution is -2.08. The molecule has 88 valence electrons. The Balaban J connectivity index is 2.12. The first kappa shape index (κ1) is 11.5. The van der Waals surface area contributed by atoms with Crippen molar-refractivity contribution < 1.29 is 4.74 Å². The molecular weight excluding hydrogens is 216 g/mol. The van der Waals surface area contributed by atoms with Gasteiger partial charge in [-0.25, -0.2) is 9.97 Å². The summed E-state index contributed by atoms with van der Waals surface area (Å²) in [5.41, 5.74) is 1.90. The van der Waals surface area contributed by atoms with Crippen LogP contribution in [0.2, 0.25) is 0 Å². The van der Waals surface area contributed by atoms with E-state index in [4.69, 9.17) is 4.74 Å². The van der Waals surface area contributed by atoms with Crippen LogP contribution < -0.4 is 5.32 Å². The molecule has 0 fully saturated rings. The zero-order chi connectivity index (χ0) is 11.9. The number of hydrogen-bond acceptors (Lipinski definition) is 5. The Morgan fingerprint density at radius 2 is 2.06 bits per heavy atom. The van der Waals surface area contributed by atoms with E-state index >= 15 is 0 Å². The molecule has 1 N–H and O–H groups in total. The minimum atomic E-state index is 0.647. The van der Waals surface area contributed by atoms with Crippen molar-refractivity contribution in [2.45, 2.75) is 0 Å². The quantitative estimate of drug-likeness (QED) is 0.790. The van der Waals surface area contributed by atoms with Gasteiger partial charge in [0.25, 0.3) is 0 Å². The Hall–Kier alpha value is -2.01. The second-order valence-electron chi connectivity index (χ2n) is 3.44. The lowest BCUT2D eigenvalue weighted by atomic mass is 10.2. The van der Waals surface area contributed by atoms with E-state index in [1.165, 1.54) is 0 Å².